The third kappa shape index (κ3) is 3.97. The molecule has 1 unspecified atom stereocenters. The minimum Gasteiger partial charge on any atom is -0.508 e. The van der Waals surface area contributed by atoms with E-state index in [-0.39, 0.29) is 0 Å². The molecular formula is C13H20O2S. The molecule has 1 atom stereocenters. The van der Waals surface area contributed by atoms with Crippen LogP contribution in [0.5, 0.6) is 5.75 Å². The van der Waals surface area contributed by atoms with Crippen molar-refractivity contribution in [1.29, 1.82) is 0 Å². The van der Waals surface area contributed by atoms with Crippen molar-refractivity contribution in [3.05, 3.63) is 23.8 Å². The molecule has 0 bridgehead atoms. The molecule has 0 radical (unpaired) electrons. The van der Waals surface area contributed by atoms with Gasteiger partial charge in [-0.05, 0) is 36.6 Å². The maximum absolute atomic E-state index is 11.3. The first kappa shape index (κ1) is 13.2. The SMILES string of the molecule is CCCCCCc1cc(S(C)=O)ccc1O. The molecule has 3 heteroatoms. The van der Waals surface area contributed by atoms with E-state index in [0.29, 0.717) is 5.75 Å². The maximum Gasteiger partial charge on any atom is 0.118 e. The zero-order chi connectivity index (χ0) is 12.0. The third-order valence-electron chi connectivity index (χ3n) is 2.68. The van der Waals surface area contributed by atoms with Gasteiger partial charge in [0.2, 0.25) is 0 Å². The lowest BCUT2D eigenvalue weighted by Crippen LogP contribution is -1.92. The van der Waals surface area contributed by atoms with Crippen LogP contribution in [0.4, 0.5) is 0 Å². The summed E-state index contributed by atoms with van der Waals surface area (Å²) in [5.74, 6) is 0.325. The van der Waals surface area contributed by atoms with Crippen LogP contribution >= 0.6 is 0 Å². The number of phenolic OH excluding ortho intramolecular Hbond substituents is 1. The summed E-state index contributed by atoms with van der Waals surface area (Å²) in [6.07, 6.45) is 7.26. The van der Waals surface area contributed by atoms with Crippen LogP contribution in [-0.2, 0) is 17.2 Å². The van der Waals surface area contributed by atoms with Gasteiger partial charge in [-0.15, -0.1) is 0 Å². The van der Waals surface area contributed by atoms with Crippen LogP contribution < -0.4 is 0 Å². The molecule has 0 aliphatic carbocycles. The average Bonchev–Trinajstić information content (AvgIpc) is 2.26. The highest BCUT2D eigenvalue weighted by Crippen LogP contribution is 2.22. The fourth-order valence-corrected chi connectivity index (χ4v) is 2.25. The molecule has 90 valence electrons. The molecule has 0 aliphatic rings. The second-order valence-corrected chi connectivity index (χ2v) is 5.43. The number of aryl methyl sites for hydroxylation is 1. The molecule has 1 rings (SSSR count). The summed E-state index contributed by atoms with van der Waals surface area (Å²) in [5.41, 5.74) is 0.920. The number of aromatic hydroxyl groups is 1. The first-order valence-corrected chi connectivity index (χ1v) is 7.36. The van der Waals surface area contributed by atoms with Crippen molar-refractivity contribution < 1.29 is 9.32 Å². The lowest BCUT2D eigenvalue weighted by Gasteiger charge is -2.06. The van der Waals surface area contributed by atoms with E-state index in [2.05, 4.69) is 6.92 Å². The molecule has 0 heterocycles. The Hall–Kier alpha value is -0.830. The third-order valence-corrected chi connectivity index (χ3v) is 3.60. The molecule has 1 N–H and O–H groups in total. The molecule has 0 saturated carbocycles. The highest BCUT2D eigenvalue weighted by atomic mass is 32.2. The van der Waals surface area contributed by atoms with E-state index >= 15 is 0 Å². The molecule has 0 aliphatic heterocycles. The topological polar surface area (TPSA) is 37.3 Å². The van der Waals surface area contributed by atoms with E-state index in [0.717, 1.165) is 23.3 Å². The lowest BCUT2D eigenvalue weighted by atomic mass is 10.1. The summed E-state index contributed by atoms with van der Waals surface area (Å²) < 4.78 is 11.3. The molecule has 0 amide bonds. The van der Waals surface area contributed by atoms with Crippen molar-refractivity contribution >= 4 is 10.8 Å². The predicted octanol–water partition coefficient (Wildman–Crippen LogP) is 3.25. The van der Waals surface area contributed by atoms with Crippen molar-refractivity contribution in [3.63, 3.8) is 0 Å². The first-order valence-electron chi connectivity index (χ1n) is 5.80. The van der Waals surface area contributed by atoms with Crippen LogP contribution in [-0.4, -0.2) is 15.6 Å². The van der Waals surface area contributed by atoms with Crippen LogP contribution in [0.25, 0.3) is 0 Å². The molecule has 0 saturated heterocycles. The Kier molecular flexibility index (Phi) is 5.53. The Morgan fingerprint density at radius 2 is 2.00 bits per heavy atom. The average molecular weight is 240 g/mol. The lowest BCUT2D eigenvalue weighted by molar-refractivity contribution is 0.465. The van der Waals surface area contributed by atoms with Gasteiger partial charge in [0.15, 0.2) is 0 Å². The molecule has 0 spiro atoms. The molecule has 1 aromatic carbocycles. The van der Waals surface area contributed by atoms with Crippen molar-refractivity contribution in [2.24, 2.45) is 0 Å². The summed E-state index contributed by atoms with van der Waals surface area (Å²) in [6.45, 7) is 2.18. The second-order valence-electron chi connectivity index (χ2n) is 4.06. The van der Waals surface area contributed by atoms with Gasteiger partial charge in [-0.2, -0.15) is 0 Å². The standard InChI is InChI=1S/C13H20O2S/c1-3-4-5-6-7-11-10-12(16(2)15)8-9-13(11)14/h8-10,14H,3-7H2,1-2H3. The van der Waals surface area contributed by atoms with E-state index in [4.69, 9.17) is 0 Å². The monoisotopic (exact) mass is 240 g/mol. The fourth-order valence-electron chi connectivity index (χ4n) is 1.68. The van der Waals surface area contributed by atoms with Gasteiger partial charge in [0.25, 0.3) is 0 Å². The number of rotatable bonds is 6. The van der Waals surface area contributed by atoms with Crippen LogP contribution in [0, 0.1) is 0 Å². The van der Waals surface area contributed by atoms with Crippen molar-refractivity contribution in [2.45, 2.75) is 43.9 Å². The first-order chi connectivity index (χ1) is 7.65. The van der Waals surface area contributed by atoms with Crippen LogP contribution in [0.3, 0.4) is 0 Å². The number of hydrogen-bond donors (Lipinski definition) is 1. The van der Waals surface area contributed by atoms with Gasteiger partial charge in [0.05, 0.1) is 0 Å². The maximum atomic E-state index is 11.3. The summed E-state index contributed by atoms with van der Waals surface area (Å²) in [7, 11) is -0.968. The van der Waals surface area contributed by atoms with Crippen LogP contribution in [0.2, 0.25) is 0 Å². The number of unbranched alkanes of at least 4 members (excludes halogenated alkanes) is 3. The van der Waals surface area contributed by atoms with E-state index in [1.807, 2.05) is 6.07 Å². The van der Waals surface area contributed by atoms with Crippen molar-refractivity contribution in [1.82, 2.24) is 0 Å². The normalized spacial score (nSPS) is 12.6. The second kappa shape index (κ2) is 6.69. The van der Waals surface area contributed by atoms with Gasteiger partial charge in [-0.25, -0.2) is 0 Å². The summed E-state index contributed by atoms with van der Waals surface area (Å²) >= 11 is 0. The Labute approximate surface area is 100 Å². The van der Waals surface area contributed by atoms with Crippen molar-refractivity contribution in [2.75, 3.05) is 6.26 Å². The smallest absolute Gasteiger partial charge is 0.118 e. The van der Waals surface area contributed by atoms with Crippen LogP contribution in [0.15, 0.2) is 23.1 Å². The molecule has 2 nitrogen and oxygen atoms in total. The molecule has 0 aromatic heterocycles. The highest BCUT2D eigenvalue weighted by molar-refractivity contribution is 7.84. The van der Waals surface area contributed by atoms with Gasteiger partial charge in [-0.3, -0.25) is 4.21 Å². The molecular weight excluding hydrogens is 220 g/mol. The molecule has 16 heavy (non-hydrogen) atoms. The largest absolute Gasteiger partial charge is 0.508 e. The minimum atomic E-state index is -0.968. The van der Waals surface area contributed by atoms with Crippen LogP contribution in [0.1, 0.15) is 38.2 Å². The summed E-state index contributed by atoms with van der Waals surface area (Å²) in [5, 5.41) is 9.67. The van der Waals surface area contributed by atoms with Crippen molar-refractivity contribution in [3.8, 4) is 5.75 Å². The summed E-state index contributed by atoms with van der Waals surface area (Å²) in [6, 6.07) is 5.23. The molecule has 1 aromatic rings. The fraction of sp³-hybridized carbons (Fsp3) is 0.538. The van der Waals surface area contributed by atoms with Gasteiger partial charge < -0.3 is 5.11 Å². The Bertz CT molecular complexity index is 361. The Morgan fingerprint density at radius 1 is 1.25 bits per heavy atom. The van der Waals surface area contributed by atoms with E-state index < -0.39 is 10.8 Å². The Balaban J connectivity index is 2.63. The van der Waals surface area contributed by atoms with Gasteiger partial charge in [-0.1, -0.05) is 26.2 Å². The van der Waals surface area contributed by atoms with Gasteiger partial charge in [0, 0.05) is 22.0 Å². The van der Waals surface area contributed by atoms with E-state index in [9.17, 15) is 9.32 Å². The quantitative estimate of drug-likeness (QED) is 0.775. The zero-order valence-electron chi connectivity index (χ0n) is 10.0. The number of benzene rings is 1. The van der Waals surface area contributed by atoms with E-state index in [1.165, 1.54) is 19.3 Å². The van der Waals surface area contributed by atoms with Gasteiger partial charge in [0.1, 0.15) is 5.75 Å². The Morgan fingerprint density at radius 3 is 2.62 bits per heavy atom. The van der Waals surface area contributed by atoms with E-state index in [1.54, 1.807) is 18.4 Å². The zero-order valence-corrected chi connectivity index (χ0v) is 10.8. The minimum absolute atomic E-state index is 0.325. The summed E-state index contributed by atoms with van der Waals surface area (Å²) in [4.78, 5) is 0.795. The number of hydrogen-bond acceptors (Lipinski definition) is 2. The number of phenols is 1. The predicted molar refractivity (Wildman–Crippen MR) is 68.3 cm³/mol. The highest BCUT2D eigenvalue weighted by Gasteiger charge is 2.04. The molecule has 0 fully saturated rings. The van der Waals surface area contributed by atoms with Gasteiger partial charge >= 0.3 is 0 Å².